The number of β-amino-alcohol motifs (C(OH)–C–C–N with tert-alkyl or cyclic N) is 1. The fourth-order valence-electron chi connectivity index (χ4n) is 2.74. The van der Waals surface area contributed by atoms with Crippen LogP contribution in [0, 0.1) is 6.92 Å². The Morgan fingerprint density at radius 2 is 2.33 bits per heavy atom. The van der Waals surface area contributed by atoms with E-state index in [9.17, 15) is 9.90 Å². The molecule has 24 heavy (non-hydrogen) atoms. The molecule has 9 heteroatoms. The van der Waals surface area contributed by atoms with Crippen molar-refractivity contribution in [2.24, 2.45) is 0 Å². The summed E-state index contributed by atoms with van der Waals surface area (Å²) in [5, 5.41) is 16.6. The van der Waals surface area contributed by atoms with Gasteiger partial charge in [-0.25, -0.2) is 14.8 Å². The molecule has 2 amide bonds. The molecule has 0 aliphatic carbocycles. The van der Waals surface area contributed by atoms with Gasteiger partial charge in [0.15, 0.2) is 11.4 Å². The van der Waals surface area contributed by atoms with Gasteiger partial charge in [-0.05, 0) is 25.5 Å². The van der Waals surface area contributed by atoms with E-state index < -0.39 is 6.10 Å². The summed E-state index contributed by atoms with van der Waals surface area (Å²) in [6.45, 7) is 2.62. The molecule has 0 saturated carbocycles. The van der Waals surface area contributed by atoms with Crippen LogP contribution in [-0.4, -0.2) is 54.8 Å². The van der Waals surface area contributed by atoms with Crippen LogP contribution in [-0.2, 0) is 0 Å². The van der Waals surface area contributed by atoms with Gasteiger partial charge in [0.1, 0.15) is 11.6 Å². The fourth-order valence-corrected chi connectivity index (χ4v) is 2.74. The molecule has 1 aliphatic rings. The maximum Gasteiger partial charge on any atom is 0.323 e. The van der Waals surface area contributed by atoms with Crippen LogP contribution in [0.25, 0.3) is 17.2 Å². The zero-order valence-electron chi connectivity index (χ0n) is 13.0. The molecular weight excluding hydrogens is 312 g/mol. The van der Waals surface area contributed by atoms with Gasteiger partial charge in [0.2, 0.25) is 5.82 Å². The summed E-state index contributed by atoms with van der Waals surface area (Å²) in [5.41, 5.74) is 0.561. The van der Waals surface area contributed by atoms with Crippen LogP contribution in [0.2, 0.25) is 0 Å². The highest BCUT2D eigenvalue weighted by atomic mass is 16.3. The van der Waals surface area contributed by atoms with Crippen LogP contribution in [0.3, 0.4) is 0 Å². The largest absolute Gasteiger partial charge is 0.461 e. The molecule has 0 radical (unpaired) electrons. The maximum atomic E-state index is 12.3. The number of aromatic nitrogens is 4. The standard InChI is InChI=1S/C15H16N6O3/c1-9-16-13-7-12(18-15(23)20-5-4-10(22)8-20)17-14(21(13)19-9)11-3-2-6-24-11/h2-3,6-7,10,22H,4-5,8H2,1H3,(H,18,23). The average molecular weight is 328 g/mol. The van der Waals surface area contributed by atoms with Crippen molar-refractivity contribution in [3.8, 4) is 11.6 Å². The average Bonchev–Trinajstić information content (AvgIpc) is 3.25. The van der Waals surface area contributed by atoms with E-state index in [2.05, 4.69) is 20.4 Å². The number of furan rings is 1. The summed E-state index contributed by atoms with van der Waals surface area (Å²) in [4.78, 5) is 22.6. The van der Waals surface area contributed by atoms with E-state index in [4.69, 9.17) is 4.42 Å². The Morgan fingerprint density at radius 1 is 1.46 bits per heavy atom. The predicted octanol–water partition coefficient (Wildman–Crippen LogP) is 1.29. The van der Waals surface area contributed by atoms with Crippen LogP contribution in [0.1, 0.15) is 12.2 Å². The lowest BCUT2D eigenvalue weighted by Crippen LogP contribution is -2.33. The SMILES string of the molecule is Cc1nc2cc(NC(=O)N3CCC(O)C3)nc(-c3ccco3)n2n1. The quantitative estimate of drug-likeness (QED) is 0.734. The molecule has 0 spiro atoms. The Labute approximate surface area is 136 Å². The summed E-state index contributed by atoms with van der Waals surface area (Å²) >= 11 is 0. The van der Waals surface area contributed by atoms with Gasteiger partial charge >= 0.3 is 6.03 Å². The first kappa shape index (κ1) is 14.6. The second kappa shape index (κ2) is 5.60. The molecule has 3 aromatic rings. The molecule has 0 bridgehead atoms. The van der Waals surface area contributed by atoms with Gasteiger partial charge in [-0.1, -0.05) is 0 Å². The number of hydrogen-bond donors (Lipinski definition) is 2. The van der Waals surface area contributed by atoms with Crippen LogP contribution in [0.5, 0.6) is 0 Å². The summed E-state index contributed by atoms with van der Waals surface area (Å²) in [6, 6.07) is 4.87. The lowest BCUT2D eigenvalue weighted by molar-refractivity contribution is 0.176. The number of hydrogen-bond acceptors (Lipinski definition) is 6. The van der Waals surface area contributed by atoms with Crippen molar-refractivity contribution < 1.29 is 14.3 Å². The third kappa shape index (κ3) is 2.58. The minimum absolute atomic E-state index is 0.301. The fraction of sp³-hybridized carbons (Fsp3) is 0.333. The second-order valence-electron chi connectivity index (χ2n) is 5.69. The molecule has 124 valence electrons. The van der Waals surface area contributed by atoms with Crippen LogP contribution in [0.4, 0.5) is 10.6 Å². The normalized spacial score (nSPS) is 17.6. The number of amides is 2. The monoisotopic (exact) mass is 328 g/mol. The number of aryl methyl sites for hydroxylation is 1. The molecule has 0 aromatic carbocycles. The molecule has 1 atom stereocenters. The minimum atomic E-state index is -0.469. The lowest BCUT2D eigenvalue weighted by Gasteiger charge is -2.16. The Bertz CT molecular complexity index is 888. The Hall–Kier alpha value is -2.94. The highest BCUT2D eigenvalue weighted by Crippen LogP contribution is 2.22. The third-order valence-electron chi connectivity index (χ3n) is 3.86. The Morgan fingerprint density at radius 3 is 3.04 bits per heavy atom. The number of carbonyl (C=O) groups excluding carboxylic acids is 1. The van der Waals surface area contributed by atoms with Gasteiger partial charge in [-0.15, -0.1) is 5.10 Å². The molecule has 1 unspecified atom stereocenters. The lowest BCUT2D eigenvalue weighted by atomic mass is 10.3. The highest BCUT2D eigenvalue weighted by molar-refractivity contribution is 5.89. The number of rotatable bonds is 2. The van der Waals surface area contributed by atoms with Crippen molar-refractivity contribution in [2.75, 3.05) is 18.4 Å². The summed E-state index contributed by atoms with van der Waals surface area (Å²) in [5.74, 6) is 1.93. The van der Waals surface area contributed by atoms with E-state index in [1.165, 1.54) is 0 Å². The summed E-state index contributed by atoms with van der Waals surface area (Å²) in [7, 11) is 0. The van der Waals surface area contributed by atoms with Crippen LogP contribution < -0.4 is 5.32 Å². The Kier molecular flexibility index (Phi) is 3.42. The number of anilines is 1. The number of nitrogens with one attached hydrogen (secondary N) is 1. The van der Waals surface area contributed by atoms with Crippen LogP contribution >= 0.6 is 0 Å². The van der Waals surface area contributed by atoms with Crippen molar-refractivity contribution in [1.29, 1.82) is 0 Å². The van der Waals surface area contributed by atoms with Gasteiger partial charge in [0, 0.05) is 19.2 Å². The van der Waals surface area contributed by atoms with Gasteiger partial charge in [0.25, 0.3) is 0 Å². The molecule has 1 fully saturated rings. The maximum absolute atomic E-state index is 12.3. The van der Waals surface area contributed by atoms with Crippen molar-refractivity contribution >= 4 is 17.5 Å². The van der Waals surface area contributed by atoms with Gasteiger partial charge < -0.3 is 14.4 Å². The molecule has 9 nitrogen and oxygen atoms in total. The number of aliphatic hydroxyl groups excluding tert-OH is 1. The number of carbonyl (C=O) groups is 1. The van der Waals surface area contributed by atoms with E-state index in [0.29, 0.717) is 48.4 Å². The number of likely N-dealkylation sites (tertiary alicyclic amines) is 1. The zero-order chi connectivity index (χ0) is 16.7. The first-order chi connectivity index (χ1) is 11.6. The van der Waals surface area contributed by atoms with E-state index in [0.717, 1.165) is 0 Å². The molecule has 2 N–H and O–H groups in total. The molecule has 4 rings (SSSR count). The Balaban J connectivity index is 1.70. The van der Waals surface area contributed by atoms with Crippen molar-refractivity contribution in [1.82, 2.24) is 24.5 Å². The van der Waals surface area contributed by atoms with Gasteiger partial charge in [-0.3, -0.25) is 5.32 Å². The smallest absolute Gasteiger partial charge is 0.323 e. The number of nitrogens with zero attached hydrogens (tertiary/aromatic N) is 5. The molecule has 4 heterocycles. The highest BCUT2D eigenvalue weighted by Gasteiger charge is 2.25. The molecular formula is C15H16N6O3. The number of aliphatic hydroxyl groups is 1. The second-order valence-corrected chi connectivity index (χ2v) is 5.69. The molecule has 1 saturated heterocycles. The predicted molar refractivity (Wildman–Crippen MR) is 84.4 cm³/mol. The molecule has 3 aromatic heterocycles. The van der Waals surface area contributed by atoms with Gasteiger partial charge in [-0.2, -0.15) is 4.52 Å². The minimum Gasteiger partial charge on any atom is -0.461 e. The topological polar surface area (TPSA) is 109 Å². The van der Waals surface area contributed by atoms with E-state index in [1.807, 2.05) is 0 Å². The van der Waals surface area contributed by atoms with Gasteiger partial charge in [0.05, 0.1) is 12.4 Å². The van der Waals surface area contributed by atoms with E-state index >= 15 is 0 Å². The molecule has 1 aliphatic heterocycles. The van der Waals surface area contributed by atoms with E-state index in [1.54, 1.807) is 40.8 Å². The number of fused-ring (bicyclic) bond motifs is 1. The van der Waals surface area contributed by atoms with Crippen LogP contribution in [0.15, 0.2) is 28.9 Å². The first-order valence-corrected chi connectivity index (χ1v) is 7.62. The zero-order valence-corrected chi connectivity index (χ0v) is 13.0. The summed E-state index contributed by atoms with van der Waals surface area (Å²) < 4.78 is 6.98. The van der Waals surface area contributed by atoms with Crippen molar-refractivity contribution in [2.45, 2.75) is 19.4 Å². The third-order valence-corrected chi connectivity index (χ3v) is 3.86. The van der Waals surface area contributed by atoms with Crippen molar-refractivity contribution in [3.05, 3.63) is 30.3 Å². The summed E-state index contributed by atoms with van der Waals surface area (Å²) in [6.07, 6.45) is 1.66. The first-order valence-electron chi connectivity index (χ1n) is 7.62. The van der Waals surface area contributed by atoms with E-state index in [-0.39, 0.29) is 6.03 Å². The van der Waals surface area contributed by atoms with Crippen molar-refractivity contribution in [3.63, 3.8) is 0 Å². The number of urea groups is 1.